The van der Waals surface area contributed by atoms with Crippen molar-refractivity contribution in [2.45, 2.75) is 19.4 Å². The Morgan fingerprint density at radius 2 is 2.12 bits per heavy atom. The summed E-state index contributed by atoms with van der Waals surface area (Å²) in [6.45, 7) is 4.64. The molecular formula is C11H16N2O3. The van der Waals surface area contributed by atoms with E-state index in [0.717, 1.165) is 0 Å². The van der Waals surface area contributed by atoms with Gasteiger partial charge in [-0.2, -0.15) is 0 Å². The van der Waals surface area contributed by atoms with Crippen LogP contribution in [-0.4, -0.2) is 34.8 Å². The van der Waals surface area contributed by atoms with E-state index in [1.54, 1.807) is 17.8 Å². The molecule has 1 aliphatic rings. The van der Waals surface area contributed by atoms with Gasteiger partial charge in [0.25, 0.3) is 0 Å². The maximum absolute atomic E-state index is 11.2. The zero-order valence-corrected chi connectivity index (χ0v) is 9.94. The molecule has 0 unspecified atom stereocenters. The number of carbonyl (C=O) groups is 1. The van der Waals surface area contributed by atoms with Gasteiger partial charge in [0.15, 0.2) is 11.4 Å². The standard InChI is InChI=1S/C11H16N2O3/c1-11(2)6-13(4)8-7(16-11)5-12(3)9(8)10(14)15/h5H,6H2,1-4H3,(H,14,15). The summed E-state index contributed by atoms with van der Waals surface area (Å²) in [7, 11) is 3.60. The number of carboxylic acids is 1. The van der Waals surface area contributed by atoms with Crippen molar-refractivity contribution >= 4 is 11.7 Å². The lowest BCUT2D eigenvalue weighted by Crippen LogP contribution is -2.45. The fourth-order valence-electron chi connectivity index (χ4n) is 2.26. The number of ether oxygens (including phenoxy) is 1. The molecule has 1 aromatic rings. The maximum atomic E-state index is 11.2. The number of fused-ring (bicyclic) bond motifs is 1. The molecule has 0 saturated carbocycles. The van der Waals surface area contributed by atoms with Crippen LogP contribution < -0.4 is 9.64 Å². The molecule has 2 heterocycles. The monoisotopic (exact) mass is 224 g/mol. The molecule has 88 valence electrons. The summed E-state index contributed by atoms with van der Waals surface area (Å²) >= 11 is 0. The number of aryl methyl sites for hydroxylation is 1. The van der Waals surface area contributed by atoms with Gasteiger partial charge in [-0.25, -0.2) is 4.79 Å². The van der Waals surface area contributed by atoms with Crippen LogP contribution in [0.1, 0.15) is 24.3 Å². The molecule has 0 aromatic carbocycles. The first-order valence-electron chi connectivity index (χ1n) is 5.14. The molecule has 0 bridgehead atoms. The third-order valence-corrected chi connectivity index (χ3v) is 2.71. The number of hydrogen-bond acceptors (Lipinski definition) is 3. The van der Waals surface area contributed by atoms with E-state index in [1.165, 1.54) is 0 Å². The van der Waals surface area contributed by atoms with Crippen LogP contribution >= 0.6 is 0 Å². The van der Waals surface area contributed by atoms with Gasteiger partial charge in [-0.1, -0.05) is 0 Å². The minimum atomic E-state index is -0.932. The summed E-state index contributed by atoms with van der Waals surface area (Å²) in [5.74, 6) is -0.294. The Morgan fingerprint density at radius 3 is 2.69 bits per heavy atom. The normalized spacial score (nSPS) is 17.9. The van der Waals surface area contributed by atoms with Crippen molar-refractivity contribution in [2.24, 2.45) is 7.05 Å². The summed E-state index contributed by atoms with van der Waals surface area (Å²) in [6.07, 6.45) is 1.72. The molecule has 1 aromatic heterocycles. The van der Waals surface area contributed by atoms with Crippen LogP contribution in [0.4, 0.5) is 5.69 Å². The van der Waals surface area contributed by atoms with Crippen LogP contribution in [0.2, 0.25) is 0 Å². The minimum Gasteiger partial charge on any atom is -0.482 e. The Kier molecular flexibility index (Phi) is 2.15. The van der Waals surface area contributed by atoms with E-state index in [9.17, 15) is 4.79 Å². The van der Waals surface area contributed by atoms with Crippen molar-refractivity contribution in [3.8, 4) is 5.75 Å². The Hall–Kier alpha value is -1.65. The summed E-state index contributed by atoms with van der Waals surface area (Å²) in [5.41, 5.74) is 0.640. The Bertz CT molecular complexity index is 448. The van der Waals surface area contributed by atoms with Crippen molar-refractivity contribution in [1.82, 2.24) is 4.57 Å². The average molecular weight is 224 g/mol. The molecule has 1 N–H and O–H groups in total. The number of aromatic nitrogens is 1. The first-order chi connectivity index (χ1) is 7.32. The van der Waals surface area contributed by atoms with Gasteiger partial charge >= 0.3 is 5.97 Å². The molecule has 0 amide bonds. The lowest BCUT2D eigenvalue weighted by atomic mass is 10.1. The van der Waals surface area contributed by atoms with Crippen molar-refractivity contribution in [2.75, 3.05) is 18.5 Å². The zero-order chi connectivity index (χ0) is 12.1. The van der Waals surface area contributed by atoms with Crippen molar-refractivity contribution < 1.29 is 14.6 Å². The quantitative estimate of drug-likeness (QED) is 0.782. The number of aromatic carboxylic acids is 1. The largest absolute Gasteiger partial charge is 0.482 e. The van der Waals surface area contributed by atoms with E-state index in [-0.39, 0.29) is 11.3 Å². The summed E-state index contributed by atoms with van der Waals surface area (Å²) in [6, 6.07) is 0. The predicted molar refractivity (Wildman–Crippen MR) is 60.3 cm³/mol. The summed E-state index contributed by atoms with van der Waals surface area (Å²) < 4.78 is 7.36. The highest BCUT2D eigenvalue weighted by molar-refractivity contribution is 5.95. The highest BCUT2D eigenvalue weighted by Crippen LogP contribution is 2.39. The van der Waals surface area contributed by atoms with Crippen LogP contribution in [0, 0.1) is 0 Å². The van der Waals surface area contributed by atoms with Gasteiger partial charge < -0.3 is 19.3 Å². The fourth-order valence-corrected chi connectivity index (χ4v) is 2.26. The third-order valence-electron chi connectivity index (χ3n) is 2.71. The molecule has 16 heavy (non-hydrogen) atoms. The van der Waals surface area contributed by atoms with Gasteiger partial charge in [0, 0.05) is 20.3 Å². The second kappa shape index (κ2) is 3.17. The van der Waals surface area contributed by atoms with Crippen molar-refractivity contribution in [1.29, 1.82) is 0 Å². The summed E-state index contributed by atoms with van der Waals surface area (Å²) in [4.78, 5) is 13.1. The number of nitrogens with zero attached hydrogens (tertiary/aromatic N) is 2. The highest BCUT2D eigenvalue weighted by Gasteiger charge is 2.35. The molecular weight excluding hydrogens is 208 g/mol. The Balaban J connectivity index is 2.57. The van der Waals surface area contributed by atoms with Gasteiger partial charge in [-0.3, -0.25) is 0 Å². The molecule has 0 aliphatic carbocycles. The maximum Gasteiger partial charge on any atom is 0.354 e. The predicted octanol–water partition coefficient (Wildman–Crippen LogP) is 1.33. The summed E-state index contributed by atoms with van der Waals surface area (Å²) in [5, 5.41) is 9.16. The molecule has 0 fully saturated rings. The van der Waals surface area contributed by atoms with Gasteiger partial charge in [0.1, 0.15) is 11.3 Å². The van der Waals surface area contributed by atoms with Gasteiger partial charge in [-0.05, 0) is 13.8 Å². The van der Waals surface area contributed by atoms with E-state index < -0.39 is 5.97 Å². The van der Waals surface area contributed by atoms with E-state index in [2.05, 4.69) is 0 Å². The Morgan fingerprint density at radius 1 is 1.50 bits per heavy atom. The lowest BCUT2D eigenvalue weighted by molar-refractivity contribution is 0.0684. The number of hydrogen-bond donors (Lipinski definition) is 1. The van der Waals surface area contributed by atoms with Crippen LogP contribution in [0.25, 0.3) is 0 Å². The number of likely N-dealkylation sites (N-methyl/N-ethyl adjacent to an activating group) is 1. The van der Waals surface area contributed by atoms with Gasteiger partial charge in [-0.15, -0.1) is 0 Å². The fraction of sp³-hybridized carbons (Fsp3) is 0.545. The van der Waals surface area contributed by atoms with Crippen molar-refractivity contribution in [3.63, 3.8) is 0 Å². The number of anilines is 1. The molecule has 1 aliphatic heterocycles. The van der Waals surface area contributed by atoms with Crippen molar-refractivity contribution in [3.05, 3.63) is 11.9 Å². The number of carboxylic acid groups (broad SMARTS) is 1. The zero-order valence-electron chi connectivity index (χ0n) is 9.94. The van der Waals surface area contributed by atoms with E-state index in [4.69, 9.17) is 9.84 Å². The SMILES string of the molecule is CN1CC(C)(C)Oc2cn(C)c(C(=O)O)c21. The minimum absolute atomic E-state index is 0.271. The topological polar surface area (TPSA) is 54.7 Å². The lowest BCUT2D eigenvalue weighted by Gasteiger charge is -2.37. The van der Waals surface area contributed by atoms with Gasteiger partial charge in [0.2, 0.25) is 0 Å². The molecule has 0 radical (unpaired) electrons. The second-order valence-corrected chi connectivity index (χ2v) is 4.82. The number of rotatable bonds is 1. The smallest absolute Gasteiger partial charge is 0.354 e. The van der Waals surface area contributed by atoms with E-state index in [1.807, 2.05) is 25.8 Å². The average Bonchev–Trinajstić information content (AvgIpc) is 2.38. The second-order valence-electron chi connectivity index (χ2n) is 4.82. The molecule has 2 rings (SSSR count). The molecule has 5 nitrogen and oxygen atoms in total. The third kappa shape index (κ3) is 1.52. The Labute approximate surface area is 94.2 Å². The first-order valence-corrected chi connectivity index (χ1v) is 5.14. The molecule has 5 heteroatoms. The van der Waals surface area contributed by atoms with Crippen LogP contribution in [0.5, 0.6) is 5.75 Å². The molecule has 0 spiro atoms. The van der Waals surface area contributed by atoms with Crippen LogP contribution in [0.15, 0.2) is 6.20 Å². The first kappa shape index (κ1) is 10.9. The van der Waals surface area contributed by atoms with Crippen LogP contribution in [0.3, 0.4) is 0 Å². The van der Waals surface area contributed by atoms with E-state index >= 15 is 0 Å². The van der Waals surface area contributed by atoms with Gasteiger partial charge in [0.05, 0.1) is 6.54 Å². The van der Waals surface area contributed by atoms with Crippen LogP contribution in [-0.2, 0) is 7.05 Å². The molecule has 0 atom stereocenters. The van der Waals surface area contributed by atoms with E-state index in [0.29, 0.717) is 18.0 Å². The molecule has 0 saturated heterocycles. The highest BCUT2D eigenvalue weighted by atomic mass is 16.5.